The van der Waals surface area contributed by atoms with Gasteiger partial charge in [0.2, 0.25) is 0 Å². The molecule has 110 valence electrons. The standard InChI is InChI=1S/C17H21N3O/c1-17(8-4-9-18-11-17)12-20-16(21)15-14-6-3-2-5-13(14)7-10-19-15/h2-3,5-7,10,18H,4,8-9,11-12H2,1H3,(H,20,21). The Hall–Kier alpha value is -1.94. The summed E-state index contributed by atoms with van der Waals surface area (Å²) in [7, 11) is 0. The average molecular weight is 283 g/mol. The van der Waals surface area contributed by atoms with Crippen LogP contribution in [0.4, 0.5) is 0 Å². The van der Waals surface area contributed by atoms with Gasteiger partial charge in [-0.05, 0) is 36.3 Å². The van der Waals surface area contributed by atoms with Crippen LogP contribution in [0.2, 0.25) is 0 Å². The third-order valence-corrected chi connectivity index (χ3v) is 4.25. The molecule has 2 heterocycles. The number of fused-ring (bicyclic) bond motifs is 1. The molecule has 21 heavy (non-hydrogen) atoms. The van der Waals surface area contributed by atoms with Crippen LogP contribution in [0, 0.1) is 5.41 Å². The molecular weight excluding hydrogens is 262 g/mol. The Morgan fingerprint density at radius 2 is 2.24 bits per heavy atom. The molecule has 1 aromatic heterocycles. The van der Waals surface area contributed by atoms with Crippen molar-refractivity contribution in [3.63, 3.8) is 0 Å². The summed E-state index contributed by atoms with van der Waals surface area (Å²) in [6.45, 7) is 4.93. The van der Waals surface area contributed by atoms with Gasteiger partial charge >= 0.3 is 0 Å². The molecule has 1 unspecified atom stereocenters. The molecule has 1 aliphatic rings. The molecule has 4 heteroatoms. The Labute approximate surface area is 125 Å². The number of rotatable bonds is 3. The molecule has 0 bridgehead atoms. The molecule has 0 saturated carbocycles. The SMILES string of the molecule is CC1(CNC(=O)c2nccc3ccccc23)CCCNC1. The van der Waals surface area contributed by atoms with Crippen LogP contribution < -0.4 is 10.6 Å². The number of amides is 1. The zero-order valence-electron chi connectivity index (χ0n) is 12.4. The van der Waals surface area contributed by atoms with Gasteiger partial charge in [-0.15, -0.1) is 0 Å². The lowest BCUT2D eigenvalue weighted by Gasteiger charge is -2.34. The minimum absolute atomic E-state index is 0.0846. The van der Waals surface area contributed by atoms with Crippen molar-refractivity contribution in [2.24, 2.45) is 5.41 Å². The second-order valence-corrected chi connectivity index (χ2v) is 6.15. The highest BCUT2D eigenvalue weighted by Gasteiger charge is 2.27. The number of aromatic nitrogens is 1. The summed E-state index contributed by atoms with van der Waals surface area (Å²) in [4.78, 5) is 16.7. The van der Waals surface area contributed by atoms with Crippen molar-refractivity contribution in [2.45, 2.75) is 19.8 Å². The number of carbonyl (C=O) groups excluding carboxylic acids is 1. The minimum Gasteiger partial charge on any atom is -0.350 e. The van der Waals surface area contributed by atoms with Crippen LogP contribution in [0.25, 0.3) is 10.8 Å². The van der Waals surface area contributed by atoms with Crippen LogP contribution in [-0.4, -0.2) is 30.5 Å². The van der Waals surface area contributed by atoms with Crippen molar-refractivity contribution in [3.8, 4) is 0 Å². The summed E-state index contributed by atoms with van der Waals surface area (Å²) in [5, 5.41) is 8.41. The van der Waals surface area contributed by atoms with Crippen LogP contribution in [0.15, 0.2) is 36.5 Å². The number of pyridine rings is 1. The third kappa shape index (κ3) is 3.05. The van der Waals surface area contributed by atoms with Crippen LogP contribution in [0.5, 0.6) is 0 Å². The number of hydrogen-bond acceptors (Lipinski definition) is 3. The number of nitrogens with zero attached hydrogens (tertiary/aromatic N) is 1. The van der Waals surface area contributed by atoms with E-state index in [-0.39, 0.29) is 11.3 Å². The van der Waals surface area contributed by atoms with Gasteiger partial charge in [-0.1, -0.05) is 31.2 Å². The van der Waals surface area contributed by atoms with Crippen molar-refractivity contribution in [3.05, 3.63) is 42.2 Å². The average Bonchev–Trinajstić information content (AvgIpc) is 2.53. The molecule has 0 radical (unpaired) electrons. The monoisotopic (exact) mass is 283 g/mol. The van der Waals surface area contributed by atoms with E-state index in [2.05, 4.69) is 22.5 Å². The number of nitrogens with one attached hydrogen (secondary N) is 2. The first kappa shape index (κ1) is 14.0. The maximum absolute atomic E-state index is 12.4. The van der Waals surface area contributed by atoms with Gasteiger partial charge in [0.05, 0.1) is 0 Å². The summed E-state index contributed by atoms with van der Waals surface area (Å²) in [5.41, 5.74) is 0.652. The molecule has 1 aliphatic heterocycles. The minimum atomic E-state index is -0.0846. The quantitative estimate of drug-likeness (QED) is 0.909. The van der Waals surface area contributed by atoms with Crippen LogP contribution >= 0.6 is 0 Å². The molecule has 4 nitrogen and oxygen atoms in total. The molecule has 1 atom stereocenters. The molecule has 2 aromatic rings. The Bertz CT molecular complexity index is 642. The van der Waals surface area contributed by atoms with Crippen LogP contribution in [0.3, 0.4) is 0 Å². The lowest BCUT2D eigenvalue weighted by molar-refractivity contribution is 0.0921. The van der Waals surface area contributed by atoms with E-state index >= 15 is 0 Å². The van der Waals surface area contributed by atoms with E-state index < -0.39 is 0 Å². The number of hydrogen-bond donors (Lipinski definition) is 2. The summed E-state index contributed by atoms with van der Waals surface area (Å²) in [6.07, 6.45) is 4.00. The molecule has 0 aliphatic carbocycles. The molecule has 1 fully saturated rings. The second kappa shape index (κ2) is 5.82. The third-order valence-electron chi connectivity index (χ3n) is 4.25. The topological polar surface area (TPSA) is 54.0 Å². The highest BCUT2D eigenvalue weighted by atomic mass is 16.1. The lowest BCUT2D eigenvalue weighted by Crippen LogP contribution is -2.45. The first-order chi connectivity index (χ1) is 10.2. The molecular formula is C17H21N3O. The van der Waals surface area contributed by atoms with Gasteiger partial charge < -0.3 is 10.6 Å². The lowest BCUT2D eigenvalue weighted by atomic mass is 9.83. The maximum atomic E-state index is 12.4. The summed E-state index contributed by atoms with van der Waals surface area (Å²) in [6, 6.07) is 9.78. The Kier molecular flexibility index (Phi) is 3.88. The first-order valence-electron chi connectivity index (χ1n) is 7.51. The molecule has 2 N–H and O–H groups in total. The fourth-order valence-corrected chi connectivity index (χ4v) is 2.95. The summed E-state index contributed by atoms with van der Waals surface area (Å²) in [5.74, 6) is -0.0846. The Morgan fingerprint density at radius 1 is 1.38 bits per heavy atom. The molecule has 1 aromatic carbocycles. The van der Waals surface area contributed by atoms with Gasteiger partial charge in [0.15, 0.2) is 0 Å². The largest absolute Gasteiger partial charge is 0.350 e. The Balaban J connectivity index is 1.75. The summed E-state index contributed by atoms with van der Waals surface area (Å²) < 4.78 is 0. The van der Waals surface area contributed by atoms with Crippen LogP contribution in [0.1, 0.15) is 30.3 Å². The smallest absolute Gasteiger partial charge is 0.270 e. The fourth-order valence-electron chi connectivity index (χ4n) is 2.95. The highest BCUT2D eigenvalue weighted by molar-refractivity contribution is 6.05. The van der Waals surface area contributed by atoms with Gasteiger partial charge in [0.1, 0.15) is 5.69 Å². The number of benzene rings is 1. The number of carbonyl (C=O) groups is 1. The predicted octanol–water partition coefficient (Wildman–Crippen LogP) is 2.35. The van der Waals surface area contributed by atoms with Gasteiger partial charge in [-0.2, -0.15) is 0 Å². The van der Waals surface area contributed by atoms with Crippen molar-refractivity contribution in [2.75, 3.05) is 19.6 Å². The zero-order chi connectivity index (χ0) is 14.7. The van der Waals surface area contributed by atoms with Gasteiger partial charge in [0, 0.05) is 24.7 Å². The van der Waals surface area contributed by atoms with E-state index in [9.17, 15) is 4.79 Å². The normalized spacial score (nSPS) is 22.1. The first-order valence-corrected chi connectivity index (χ1v) is 7.51. The highest BCUT2D eigenvalue weighted by Crippen LogP contribution is 2.24. The van der Waals surface area contributed by atoms with Crippen molar-refractivity contribution in [1.29, 1.82) is 0 Å². The Morgan fingerprint density at radius 3 is 3.05 bits per heavy atom. The summed E-state index contributed by atoms with van der Waals surface area (Å²) >= 11 is 0. The number of piperidine rings is 1. The fraction of sp³-hybridized carbons (Fsp3) is 0.412. The molecule has 0 spiro atoms. The van der Waals surface area contributed by atoms with Crippen LogP contribution in [-0.2, 0) is 0 Å². The molecule has 1 saturated heterocycles. The van der Waals surface area contributed by atoms with E-state index in [0.717, 1.165) is 30.3 Å². The van der Waals surface area contributed by atoms with Gasteiger partial charge in [-0.25, -0.2) is 0 Å². The van der Waals surface area contributed by atoms with E-state index in [1.54, 1.807) is 6.20 Å². The van der Waals surface area contributed by atoms with Crippen molar-refractivity contribution >= 4 is 16.7 Å². The molecule has 1 amide bonds. The van der Waals surface area contributed by atoms with Crippen molar-refractivity contribution < 1.29 is 4.79 Å². The van der Waals surface area contributed by atoms with E-state index in [0.29, 0.717) is 12.2 Å². The predicted molar refractivity (Wildman–Crippen MR) is 84.3 cm³/mol. The van der Waals surface area contributed by atoms with E-state index in [4.69, 9.17) is 0 Å². The zero-order valence-corrected chi connectivity index (χ0v) is 12.4. The van der Waals surface area contributed by atoms with E-state index in [1.807, 2.05) is 30.3 Å². The second-order valence-electron chi connectivity index (χ2n) is 6.15. The van der Waals surface area contributed by atoms with E-state index in [1.165, 1.54) is 6.42 Å². The van der Waals surface area contributed by atoms with Gasteiger partial charge in [-0.3, -0.25) is 9.78 Å². The van der Waals surface area contributed by atoms with Gasteiger partial charge in [0.25, 0.3) is 5.91 Å². The maximum Gasteiger partial charge on any atom is 0.270 e. The molecule has 3 rings (SSSR count). The van der Waals surface area contributed by atoms with Crippen molar-refractivity contribution in [1.82, 2.24) is 15.6 Å².